The first-order valence-electron chi connectivity index (χ1n) is 5.53. The summed E-state index contributed by atoms with van der Waals surface area (Å²) in [6, 6.07) is 4.80. The van der Waals surface area contributed by atoms with E-state index in [0.29, 0.717) is 0 Å². The molecule has 6 heteroatoms. The Kier molecular flexibility index (Phi) is 4.67. The quantitative estimate of drug-likeness (QED) is 0.550. The molecular weight excluding hydrogens is 234 g/mol. The average Bonchev–Trinajstić information content (AvgIpc) is 2.30. The Morgan fingerprint density at radius 1 is 1.33 bits per heavy atom. The molecule has 0 aliphatic carbocycles. The van der Waals surface area contributed by atoms with Gasteiger partial charge in [-0.2, -0.15) is 0 Å². The van der Waals surface area contributed by atoms with Gasteiger partial charge in [-0.3, -0.25) is 9.59 Å². The predicted molar refractivity (Wildman–Crippen MR) is 66.6 cm³/mol. The topological polar surface area (TPSA) is 118 Å². The summed E-state index contributed by atoms with van der Waals surface area (Å²) in [5.41, 5.74) is 11.4. The second kappa shape index (κ2) is 6.02. The molecule has 2 atom stereocenters. The summed E-state index contributed by atoms with van der Waals surface area (Å²) in [6.45, 7) is 1.52. The van der Waals surface area contributed by atoms with Crippen molar-refractivity contribution >= 4 is 11.8 Å². The summed E-state index contributed by atoms with van der Waals surface area (Å²) in [5, 5.41) is 11.6. The number of primary amides is 1. The van der Waals surface area contributed by atoms with Crippen molar-refractivity contribution in [3.05, 3.63) is 29.8 Å². The van der Waals surface area contributed by atoms with Crippen molar-refractivity contribution in [3.8, 4) is 5.75 Å². The fourth-order valence-corrected chi connectivity index (χ4v) is 1.39. The summed E-state index contributed by atoms with van der Waals surface area (Å²) < 4.78 is 0. The Morgan fingerprint density at radius 3 is 2.33 bits per heavy atom. The normalized spacial score (nSPS) is 13.7. The number of nitrogens with two attached hydrogens (primary N) is 2. The first-order valence-corrected chi connectivity index (χ1v) is 5.53. The van der Waals surface area contributed by atoms with Crippen LogP contribution in [0.2, 0.25) is 0 Å². The van der Waals surface area contributed by atoms with Crippen molar-refractivity contribution < 1.29 is 14.7 Å². The van der Waals surface area contributed by atoms with Crippen LogP contribution in [-0.4, -0.2) is 29.0 Å². The van der Waals surface area contributed by atoms with E-state index in [1.54, 1.807) is 12.1 Å². The molecule has 0 saturated carbocycles. The van der Waals surface area contributed by atoms with Crippen molar-refractivity contribution in [1.82, 2.24) is 5.32 Å². The largest absolute Gasteiger partial charge is 0.508 e. The van der Waals surface area contributed by atoms with Crippen LogP contribution in [0, 0.1) is 0 Å². The minimum atomic E-state index is -0.812. The maximum atomic E-state index is 11.4. The van der Waals surface area contributed by atoms with Crippen LogP contribution < -0.4 is 16.8 Å². The first-order chi connectivity index (χ1) is 8.40. The molecular formula is C12H17N3O3. The summed E-state index contributed by atoms with van der Waals surface area (Å²) >= 11 is 0. The van der Waals surface area contributed by atoms with Gasteiger partial charge in [-0.25, -0.2) is 0 Å². The van der Waals surface area contributed by atoms with Gasteiger partial charge in [-0.05, 0) is 24.6 Å². The van der Waals surface area contributed by atoms with E-state index < -0.39 is 23.9 Å². The molecule has 0 fully saturated rings. The molecule has 0 aliphatic heterocycles. The Bertz CT molecular complexity index is 429. The minimum Gasteiger partial charge on any atom is -0.508 e. The van der Waals surface area contributed by atoms with Gasteiger partial charge in [0.05, 0.1) is 6.04 Å². The van der Waals surface area contributed by atoms with Crippen molar-refractivity contribution in [3.63, 3.8) is 0 Å². The molecule has 98 valence electrons. The lowest BCUT2D eigenvalue weighted by Crippen LogP contribution is -2.50. The van der Waals surface area contributed by atoms with Crippen LogP contribution in [0.4, 0.5) is 0 Å². The summed E-state index contributed by atoms with van der Waals surface area (Å²) in [7, 11) is 0. The van der Waals surface area contributed by atoms with E-state index in [0.717, 1.165) is 5.56 Å². The molecule has 1 aromatic carbocycles. The van der Waals surface area contributed by atoms with Gasteiger partial charge < -0.3 is 21.9 Å². The fraction of sp³-hybridized carbons (Fsp3) is 0.333. The first kappa shape index (κ1) is 14.0. The number of phenolic OH excluding ortho intramolecular Hbond substituents is 1. The molecule has 0 heterocycles. The highest BCUT2D eigenvalue weighted by molar-refractivity contribution is 5.88. The summed E-state index contributed by atoms with van der Waals surface area (Å²) in [4.78, 5) is 22.7. The Balaban J connectivity index is 2.72. The second-order valence-electron chi connectivity index (χ2n) is 4.12. The summed E-state index contributed by atoms with van der Waals surface area (Å²) in [5.74, 6) is -0.927. The monoisotopic (exact) mass is 251 g/mol. The van der Waals surface area contributed by atoms with E-state index in [1.165, 1.54) is 19.1 Å². The lowest BCUT2D eigenvalue weighted by Gasteiger charge is -2.17. The highest BCUT2D eigenvalue weighted by Crippen LogP contribution is 2.11. The lowest BCUT2D eigenvalue weighted by molar-refractivity contribution is -0.127. The molecule has 6 N–H and O–H groups in total. The van der Waals surface area contributed by atoms with E-state index in [1.807, 2.05) is 0 Å². The predicted octanol–water partition coefficient (Wildman–Crippen LogP) is -0.748. The number of aromatic hydroxyl groups is 1. The molecule has 6 nitrogen and oxygen atoms in total. The molecule has 0 aliphatic rings. The molecule has 0 aromatic heterocycles. The van der Waals surface area contributed by atoms with Gasteiger partial charge in [0.15, 0.2) is 0 Å². The number of hydrogen-bond donors (Lipinski definition) is 4. The molecule has 0 radical (unpaired) electrons. The van der Waals surface area contributed by atoms with E-state index >= 15 is 0 Å². The number of carbonyl (C=O) groups excluding carboxylic acids is 2. The number of benzene rings is 1. The highest BCUT2D eigenvalue weighted by atomic mass is 16.3. The SMILES string of the molecule is C[C@H](N)C(=O)N[C@H](Cc1ccc(O)cc1)C(N)=O. The average molecular weight is 251 g/mol. The number of carbonyl (C=O) groups is 2. The van der Waals surface area contributed by atoms with Gasteiger partial charge in [-0.1, -0.05) is 12.1 Å². The maximum Gasteiger partial charge on any atom is 0.240 e. The van der Waals surface area contributed by atoms with Crippen molar-refractivity contribution in [2.45, 2.75) is 25.4 Å². The van der Waals surface area contributed by atoms with Crippen molar-refractivity contribution in [2.75, 3.05) is 0 Å². The van der Waals surface area contributed by atoms with Crippen LogP contribution in [0.3, 0.4) is 0 Å². The molecule has 1 rings (SSSR count). The van der Waals surface area contributed by atoms with Crippen LogP contribution in [0.5, 0.6) is 5.75 Å². The van der Waals surface area contributed by atoms with E-state index in [9.17, 15) is 9.59 Å². The van der Waals surface area contributed by atoms with Gasteiger partial charge in [0, 0.05) is 6.42 Å². The molecule has 0 unspecified atom stereocenters. The smallest absolute Gasteiger partial charge is 0.240 e. The van der Waals surface area contributed by atoms with Crippen LogP contribution in [0.25, 0.3) is 0 Å². The number of phenols is 1. The number of amides is 2. The zero-order chi connectivity index (χ0) is 13.7. The van der Waals surface area contributed by atoms with Crippen LogP contribution >= 0.6 is 0 Å². The van der Waals surface area contributed by atoms with Gasteiger partial charge in [0.25, 0.3) is 0 Å². The molecule has 0 saturated heterocycles. The molecule has 1 aromatic rings. The van der Waals surface area contributed by atoms with Gasteiger partial charge >= 0.3 is 0 Å². The van der Waals surface area contributed by atoms with Crippen molar-refractivity contribution in [2.24, 2.45) is 11.5 Å². The highest BCUT2D eigenvalue weighted by Gasteiger charge is 2.20. The Labute approximate surface area is 105 Å². The molecule has 2 amide bonds. The summed E-state index contributed by atoms with van der Waals surface area (Å²) in [6.07, 6.45) is 0.258. The number of hydrogen-bond acceptors (Lipinski definition) is 4. The third-order valence-electron chi connectivity index (χ3n) is 2.45. The standard InChI is InChI=1S/C12H17N3O3/c1-7(13)12(18)15-10(11(14)17)6-8-2-4-9(16)5-3-8/h2-5,7,10,16H,6,13H2,1H3,(H2,14,17)(H,15,18)/t7-,10+/m0/s1. The van der Waals surface area contributed by atoms with Crippen molar-refractivity contribution in [1.29, 1.82) is 0 Å². The van der Waals surface area contributed by atoms with Crippen LogP contribution in [0.1, 0.15) is 12.5 Å². The molecule has 0 bridgehead atoms. The Hall–Kier alpha value is -2.08. The Morgan fingerprint density at radius 2 is 1.89 bits per heavy atom. The third-order valence-corrected chi connectivity index (χ3v) is 2.45. The van der Waals surface area contributed by atoms with E-state index in [-0.39, 0.29) is 12.2 Å². The fourth-order valence-electron chi connectivity index (χ4n) is 1.39. The van der Waals surface area contributed by atoms with Crippen LogP contribution in [0.15, 0.2) is 24.3 Å². The maximum absolute atomic E-state index is 11.4. The van der Waals surface area contributed by atoms with Gasteiger partial charge in [0.1, 0.15) is 11.8 Å². The zero-order valence-electron chi connectivity index (χ0n) is 10.1. The van der Waals surface area contributed by atoms with E-state index in [4.69, 9.17) is 16.6 Å². The van der Waals surface area contributed by atoms with Gasteiger partial charge in [-0.15, -0.1) is 0 Å². The lowest BCUT2D eigenvalue weighted by atomic mass is 10.0. The van der Waals surface area contributed by atoms with Gasteiger partial charge in [0.2, 0.25) is 11.8 Å². The number of nitrogens with one attached hydrogen (secondary N) is 1. The number of rotatable bonds is 5. The zero-order valence-corrected chi connectivity index (χ0v) is 10.1. The van der Waals surface area contributed by atoms with E-state index in [2.05, 4.69) is 5.32 Å². The molecule has 18 heavy (non-hydrogen) atoms. The van der Waals surface area contributed by atoms with Crippen LogP contribution in [-0.2, 0) is 16.0 Å². The third kappa shape index (κ3) is 4.06. The second-order valence-corrected chi connectivity index (χ2v) is 4.12. The minimum absolute atomic E-state index is 0.133. The molecule has 0 spiro atoms.